The van der Waals surface area contributed by atoms with Crippen molar-refractivity contribution in [2.75, 3.05) is 32.1 Å². The van der Waals surface area contributed by atoms with Crippen molar-refractivity contribution in [3.8, 4) is 0 Å². The number of nitrogens with one attached hydrogen (secondary N) is 2. The second-order valence-electron chi connectivity index (χ2n) is 2.33. The molecule has 1 heterocycles. The Bertz CT molecular complexity index is 183. The number of anilines is 1. The average Bonchev–Trinajstić information content (AvgIpc) is 2.52. The van der Waals surface area contributed by atoms with E-state index in [-0.39, 0.29) is 0 Å². The summed E-state index contributed by atoms with van der Waals surface area (Å²) < 4.78 is 0. The summed E-state index contributed by atoms with van der Waals surface area (Å²) >= 11 is 0. The van der Waals surface area contributed by atoms with Crippen LogP contribution in [0.2, 0.25) is 0 Å². The minimum Gasteiger partial charge on any atom is -0.343 e. The number of aromatic amines is 1. The van der Waals surface area contributed by atoms with E-state index in [9.17, 15) is 0 Å². The summed E-state index contributed by atoms with van der Waals surface area (Å²) in [5.41, 5.74) is 0. The Morgan fingerprint density at radius 3 is 3.09 bits per heavy atom. The molecule has 0 radical (unpaired) electrons. The molecule has 0 fully saturated rings. The van der Waals surface area contributed by atoms with E-state index in [1.54, 1.807) is 0 Å². The number of nitrogens with zero attached hydrogens (tertiary/aromatic N) is 3. The number of hydrogen-bond donors (Lipinski definition) is 2. The Labute approximate surface area is 65.8 Å². The Balaban J connectivity index is 2.36. The third-order valence-electron chi connectivity index (χ3n) is 1.46. The lowest BCUT2D eigenvalue weighted by Gasteiger charge is -2.13. The van der Waals surface area contributed by atoms with Crippen molar-refractivity contribution in [3.05, 3.63) is 6.33 Å². The highest BCUT2D eigenvalue weighted by molar-refractivity contribution is 5.24. The molecule has 11 heavy (non-hydrogen) atoms. The largest absolute Gasteiger partial charge is 0.343 e. The monoisotopic (exact) mass is 155 g/mol. The van der Waals surface area contributed by atoms with Crippen molar-refractivity contribution in [2.45, 2.75) is 0 Å². The van der Waals surface area contributed by atoms with Gasteiger partial charge in [0.2, 0.25) is 5.95 Å². The maximum atomic E-state index is 4.00. The fourth-order valence-corrected chi connectivity index (χ4v) is 0.768. The van der Waals surface area contributed by atoms with Crippen molar-refractivity contribution in [3.63, 3.8) is 0 Å². The molecule has 0 amide bonds. The maximum Gasteiger partial charge on any atom is 0.220 e. The second kappa shape index (κ2) is 3.92. The number of hydrogen-bond acceptors (Lipinski definition) is 4. The molecule has 0 bridgehead atoms. The molecule has 0 aliphatic heterocycles. The summed E-state index contributed by atoms with van der Waals surface area (Å²) in [4.78, 5) is 6.00. The molecule has 0 atom stereocenters. The normalized spacial score (nSPS) is 10.0. The molecular formula is C6H13N5. The van der Waals surface area contributed by atoms with Crippen molar-refractivity contribution in [1.29, 1.82) is 0 Å². The Kier molecular flexibility index (Phi) is 2.85. The first-order chi connectivity index (χ1) is 5.34. The van der Waals surface area contributed by atoms with Gasteiger partial charge in [-0.1, -0.05) is 0 Å². The highest BCUT2D eigenvalue weighted by Crippen LogP contribution is 1.98. The van der Waals surface area contributed by atoms with Crippen molar-refractivity contribution < 1.29 is 0 Å². The predicted molar refractivity (Wildman–Crippen MR) is 43.6 cm³/mol. The molecular weight excluding hydrogens is 142 g/mol. The van der Waals surface area contributed by atoms with Crippen LogP contribution in [-0.4, -0.2) is 42.4 Å². The molecule has 0 aliphatic rings. The van der Waals surface area contributed by atoms with Crippen LogP contribution in [0, 0.1) is 0 Å². The summed E-state index contributed by atoms with van der Waals surface area (Å²) in [6.45, 7) is 1.86. The van der Waals surface area contributed by atoms with Crippen LogP contribution >= 0.6 is 0 Å². The summed E-state index contributed by atoms with van der Waals surface area (Å²) in [6, 6.07) is 0. The van der Waals surface area contributed by atoms with E-state index in [0.717, 1.165) is 19.0 Å². The van der Waals surface area contributed by atoms with Crippen LogP contribution in [-0.2, 0) is 0 Å². The van der Waals surface area contributed by atoms with Crippen LogP contribution in [0.1, 0.15) is 0 Å². The summed E-state index contributed by atoms with van der Waals surface area (Å²) in [5, 5.41) is 9.59. The Morgan fingerprint density at radius 2 is 2.55 bits per heavy atom. The van der Waals surface area contributed by atoms with E-state index in [2.05, 4.69) is 20.5 Å². The molecule has 1 aromatic rings. The topological polar surface area (TPSA) is 56.8 Å². The maximum absolute atomic E-state index is 4.00. The molecule has 2 N–H and O–H groups in total. The second-order valence-corrected chi connectivity index (χ2v) is 2.33. The van der Waals surface area contributed by atoms with Gasteiger partial charge in [0.25, 0.3) is 0 Å². The van der Waals surface area contributed by atoms with Gasteiger partial charge in [-0.15, -0.1) is 0 Å². The fraction of sp³-hybridized carbons (Fsp3) is 0.667. The van der Waals surface area contributed by atoms with Gasteiger partial charge in [-0.2, -0.15) is 10.1 Å². The van der Waals surface area contributed by atoms with Gasteiger partial charge >= 0.3 is 0 Å². The predicted octanol–water partition coefficient (Wildman–Crippen LogP) is -0.540. The summed E-state index contributed by atoms with van der Waals surface area (Å²) in [5.74, 6) is 0.806. The fourth-order valence-electron chi connectivity index (χ4n) is 0.768. The van der Waals surface area contributed by atoms with Gasteiger partial charge in [0.15, 0.2) is 0 Å². The van der Waals surface area contributed by atoms with Gasteiger partial charge in [-0.3, -0.25) is 0 Å². The minimum atomic E-state index is 0.806. The number of H-pyrrole nitrogens is 1. The molecule has 1 rings (SSSR count). The van der Waals surface area contributed by atoms with E-state index < -0.39 is 0 Å². The molecule has 62 valence electrons. The molecule has 0 saturated heterocycles. The Hall–Kier alpha value is -1.10. The third-order valence-corrected chi connectivity index (χ3v) is 1.46. The van der Waals surface area contributed by atoms with Crippen molar-refractivity contribution in [2.24, 2.45) is 0 Å². The van der Waals surface area contributed by atoms with E-state index in [4.69, 9.17) is 0 Å². The van der Waals surface area contributed by atoms with Crippen LogP contribution in [0.5, 0.6) is 0 Å². The van der Waals surface area contributed by atoms with Crippen LogP contribution in [0.3, 0.4) is 0 Å². The molecule has 5 heteroatoms. The summed E-state index contributed by atoms with van der Waals surface area (Å²) in [6.07, 6.45) is 1.51. The van der Waals surface area contributed by atoms with E-state index >= 15 is 0 Å². The van der Waals surface area contributed by atoms with Gasteiger partial charge in [0.05, 0.1) is 0 Å². The lowest BCUT2D eigenvalue weighted by Crippen LogP contribution is -2.27. The minimum absolute atomic E-state index is 0.806. The van der Waals surface area contributed by atoms with E-state index in [1.807, 2.05) is 19.0 Å². The standard InChI is InChI=1S/C6H13N5/c1-7-3-4-11(2)6-8-5-9-10-6/h5,7H,3-4H2,1-2H3,(H,8,9,10). The van der Waals surface area contributed by atoms with Crippen LogP contribution < -0.4 is 10.2 Å². The molecule has 0 aliphatic carbocycles. The first-order valence-electron chi connectivity index (χ1n) is 3.55. The lowest BCUT2D eigenvalue weighted by molar-refractivity contribution is 0.754. The van der Waals surface area contributed by atoms with Crippen LogP contribution in [0.25, 0.3) is 0 Å². The highest BCUT2D eigenvalue weighted by atomic mass is 15.3. The zero-order valence-electron chi connectivity index (χ0n) is 6.83. The van der Waals surface area contributed by atoms with E-state index in [1.165, 1.54) is 6.33 Å². The smallest absolute Gasteiger partial charge is 0.220 e. The van der Waals surface area contributed by atoms with Crippen molar-refractivity contribution >= 4 is 5.95 Å². The van der Waals surface area contributed by atoms with E-state index in [0.29, 0.717) is 0 Å². The zero-order chi connectivity index (χ0) is 8.10. The lowest BCUT2D eigenvalue weighted by atomic mass is 10.6. The van der Waals surface area contributed by atoms with Gasteiger partial charge in [-0.05, 0) is 7.05 Å². The van der Waals surface area contributed by atoms with Gasteiger partial charge in [-0.25, -0.2) is 5.10 Å². The number of aromatic nitrogens is 3. The van der Waals surface area contributed by atoms with Gasteiger partial charge in [0, 0.05) is 20.1 Å². The molecule has 0 aromatic carbocycles. The molecule has 0 saturated carbocycles. The first-order valence-corrected chi connectivity index (χ1v) is 3.55. The summed E-state index contributed by atoms with van der Waals surface area (Å²) in [7, 11) is 3.89. The quantitative estimate of drug-likeness (QED) is 0.613. The highest BCUT2D eigenvalue weighted by Gasteiger charge is 2.00. The SMILES string of the molecule is CNCCN(C)c1ncn[nH]1. The molecule has 5 nitrogen and oxygen atoms in total. The van der Waals surface area contributed by atoms with Crippen LogP contribution in [0.15, 0.2) is 6.33 Å². The first kappa shape index (κ1) is 8.00. The molecule has 1 aromatic heterocycles. The van der Waals surface area contributed by atoms with Crippen molar-refractivity contribution in [1.82, 2.24) is 20.5 Å². The third kappa shape index (κ3) is 2.19. The van der Waals surface area contributed by atoms with Crippen LogP contribution in [0.4, 0.5) is 5.95 Å². The average molecular weight is 155 g/mol. The number of rotatable bonds is 4. The molecule has 0 spiro atoms. The zero-order valence-corrected chi connectivity index (χ0v) is 6.83. The number of likely N-dealkylation sites (N-methyl/N-ethyl adjacent to an activating group) is 2. The van der Waals surface area contributed by atoms with Gasteiger partial charge < -0.3 is 10.2 Å². The molecule has 0 unspecified atom stereocenters. The Morgan fingerprint density at radius 1 is 1.73 bits per heavy atom. The van der Waals surface area contributed by atoms with Gasteiger partial charge in [0.1, 0.15) is 6.33 Å².